The summed E-state index contributed by atoms with van der Waals surface area (Å²) >= 11 is 0. The number of hydrogen-bond acceptors (Lipinski definition) is 3. The Bertz CT molecular complexity index is 606. The largest absolute Gasteiger partial charge is 0.392 e. The summed E-state index contributed by atoms with van der Waals surface area (Å²) < 4.78 is 1.98. The van der Waals surface area contributed by atoms with Crippen molar-refractivity contribution in [2.45, 2.75) is 45.3 Å². The van der Waals surface area contributed by atoms with Crippen molar-refractivity contribution in [1.82, 2.24) is 14.7 Å². The number of aromatic nitrogens is 2. The van der Waals surface area contributed by atoms with Crippen LogP contribution in [0.25, 0.3) is 5.69 Å². The van der Waals surface area contributed by atoms with Crippen molar-refractivity contribution < 1.29 is 5.11 Å². The lowest BCUT2D eigenvalue weighted by Crippen LogP contribution is -2.37. The van der Waals surface area contributed by atoms with Crippen molar-refractivity contribution >= 4 is 0 Å². The lowest BCUT2D eigenvalue weighted by Gasteiger charge is -2.29. The average molecular weight is 299 g/mol. The highest BCUT2D eigenvalue weighted by atomic mass is 16.3. The van der Waals surface area contributed by atoms with Crippen LogP contribution in [-0.4, -0.2) is 39.0 Å². The summed E-state index contributed by atoms with van der Waals surface area (Å²) in [5, 5.41) is 14.6. The minimum Gasteiger partial charge on any atom is -0.392 e. The zero-order chi connectivity index (χ0) is 15.5. The van der Waals surface area contributed by atoms with Crippen molar-refractivity contribution in [3.05, 3.63) is 47.8 Å². The van der Waals surface area contributed by atoms with Crippen LogP contribution in [0.3, 0.4) is 0 Å². The van der Waals surface area contributed by atoms with Crippen LogP contribution < -0.4 is 0 Å². The first-order valence-corrected chi connectivity index (χ1v) is 8.18. The van der Waals surface area contributed by atoms with Crippen LogP contribution >= 0.6 is 0 Å². The molecular weight excluding hydrogens is 274 g/mol. The zero-order valence-electron chi connectivity index (χ0n) is 13.4. The SMILES string of the molecule is CC(C)c1nn(-c2ccccc2)cc1CN1CCCC(O)C1. The second-order valence-corrected chi connectivity index (χ2v) is 6.51. The van der Waals surface area contributed by atoms with Gasteiger partial charge in [-0.3, -0.25) is 4.90 Å². The number of piperidine rings is 1. The van der Waals surface area contributed by atoms with Gasteiger partial charge in [0.25, 0.3) is 0 Å². The summed E-state index contributed by atoms with van der Waals surface area (Å²) in [6.07, 6.45) is 3.97. The third kappa shape index (κ3) is 3.39. The number of likely N-dealkylation sites (tertiary alicyclic amines) is 1. The van der Waals surface area contributed by atoms with Gasteiger partial charge in [-0.2, -0.15) is 5.10 Å². The molecule has 1 saturated heterocycles. The molecule has 2 aromatic rings. The molecule has 1 N–H and O–H groups in total. The number of nitrogens with zero attached hydrogens (tertiary/aromatic N) is 3. The summed E-state index contributed by atoms with van der Waals surface area (Å²) in [7, 11) is 0. The third-order valence-electron chi connectivity index (χ3n) is 4.26. The summed E-state index contributed by atoms with van der Waals surface area (Å²) in [5.41, 5.74) is 3.52. The highest BCUT2D eigenvalue weighted by Gasteiger charge is 2.21. The van der Waals surface area contributed by atoms with Gasteiger partial charge in [0.1, 0.15) is 0 Å². The van der Waals surface area contributed by atoms with Crippen molar-refractivity contribution in [2.24, 2.45) is 0 Å². The molecule has 1 unspecified atom stereocenters. The number of aliphatic hydroxyl groups is 1. The predicted octanol–water partition coefficient (Wildman–Crippen LogP) is 2.95. The van der Waals surface area contributed by atoms with E-state index in [0.717, 1.165) is 43.9 Å². The molecule has 0 radical (unpaired) electrons. The minimum atomic E-state index is -0.180. The molecule has 1 atom stereocenters. The Morgan fingerprint density at radius 3 is 2.73 bits per heavy atom. The lowest BCUT2D eigenvalue weighted by atomic mass is 10.0. The molecule has 0 saturated carbocycles. The second kappa shape index (κ2) is 6.63. The van der Waals surface area contributed by atoms with E-state index >= 15 is 0 Å². The van der Waals surface area contributed by atoms with Crippen molar-refractivity contribution in [2.75, 3.05) is 13.1 Å². The number of aliphatic hydroxyl groups excluding tert-OH is 1. The molecule has 2 heterocycles. The van der Waals surface area contributed by atoms with Crippen LogP contribution in [-0.2, 0) is 6.54 Å². The van der Waals surface area contributed by atoms with E-state index in [9.17, 15) is 5.11 Å². The Hall–Kier alpha value is -1.65. The van der Waals surface area contributed by atoms with E-state index in [2.05, 4.69) is 37.1 Å². The second-order valence-electron chi connectivity index (χ2n) is 6.51. The first kappa shape index (κ1) is 15.3. The predicted molar refractivity (Wildman–Crippen MR) is 88.2 cm³/mol. The van der Waals surface area contributed by atoms with Crippen LogP contribution in [0.2, 0.25) is 0 Å². The third-order valence-corrected chi connectivity index (χ3v) is 4.26. The Morgan fingerprint density at radius 1 is 1.27 bits per heavy atom. The van der Waals surface area contributed by atoms with Crippen molar-refractivity contribution in [3.63, 3.8) is 0 Å². The zero-order valence-corrected chi connectivity index (χ0v) is 13.4. The minimum absolute atomic E-state index is 0.180. The summed E-state index contributed by atoms with van der Waals surface area (Å²) in [6, 6.07) is 10.2. The molecule has 22 heavy (non-hydrogen) atoms. The molecular formula is C18H25N3O. The Balaban J connectivity index is 1.84. The number of β-amino-alcohol motifs (C(OH)–C–C–N with tert-alkyl or cyclic N) is 1. The molecule has 0 bridgehead atoms. The monoisotopic (exact) mass is 299 g/mol. The number of hydrogen-bond donors (Lipinski definition) is 1. The van der Waals surface area contributed by atoms with Crippen LogP contribution in [0.15, 0.2) is 36.5 Å². The molecule has 4 heteroatoms. The van der Waals surface area contributed by atoms with E-state index in [-0.39, 0.29) is 6.10 Å². The molecule has 1 fully saturated rings. The fourth-order valence-electron chi connectivity index (χ4n) is 3.16. The van der Waals surface area contributed by atoms with Gasteiger partial charge < -0.3 is 5.11 Å². The Kier molecular flexibility index (Phi) is 4.60. The van der Waals surface area contributed by atoms with E-state index in [1.165, 1.54) is 5.56 Å². The quantitative estimate of drug-likeness (QED) is 0.943. The van der Waals surface area contributed by atoms with Gasteiger partial charge in [0.2, 0.25) is 0 Å². The van der Waals surface area contributed by atoms with Crippen molar-refractivity contribution in [3.8, 4) is 5.69 Å². The number of para-hydroxylation sites is 1. The molecule has 1 aliphatic heterocycles. The van der Waals surface area contributed by atoms with E-state index in [1.54, 1.807) is 0 Å². The van der Waals surface area contributed by atoms with E-state index in [0.29, 0.717) is 5.92 Å². The van der Waals surface area contributed by atoms with Gasteiger partial charge in [-0.15, -0.1) is 0 Å². The molecule has 0 spiro atoms. The fourth-order valence-corrected chi connectivity index (χ4v) is 3.16. The number of rotatable bonds is 4. The average Bonchev–Trinajstić information content (AvgIpc) is 2.92. The summed E-state index contributed by atoms with van der Waals surface area (Å²) in [4.78, 5) is 2.34. The van der Waals surface area contributed by atoms with Crippen molar-refractivity contribution in [1.29, 1.82) is 0 Å². The fraction of sp³-hybridized carbons (Fsp3) is 0.500. The van der Waals surface area contributed by atoms with Gasteiger partial charge in [0, 0.05) is 24.8 Å². The van der Waals surface area contributed by atoms with Gasteiger partial charge in [0.05, 0.1) is 17.5 Å². The van der Waals surface area contributed by atoms with Crippen LogP contribution in [0.1, 0.15) is 43.9 Å². The van der Waals surface area contributed by atoms with Crippen LogP contribution in [0.5, 0.6) is 0 Å². The molecule has 118 valence electrons. The smallest absolute Gasteiger partial charge is 0.0699 e. The molecule has 4 nitrogen and oxygen atoms in total. The highest BCUT2D eigenvalue weighted by molar-refractivity contribution is 5.33. The van der Waals surface area contributed by atoms with Gasteiger partial charge in [-0.05, 0) is 37.4 Å². The molecule has 0 amide bonds. The maximum absolute atomic E-state index is 9.86. The van der Waals surface area contributed by atoms with E-state index in [1.807, 2.05) is 22.9 Å². The summed E-state index contributed by atoms with van der Waals surface area (Å²) in [6.45, 7) is 7.08. The van der Waals surface area contributed by atoms with Gasteiger partial charge >= 0.3 is 0 Å². The Labute approximate surface area is 132 Å². The van der Waals surface area contributed by atoms with Gasteiger partial charge in [-0.1, -0.05) is 32.0 Å². The first-order valence-electron chi connectivity index (χ1n) is 8.18. The molecule has 1 aliphatic rings. The topological polar surface area (TPSA) is 41.3 Å². The summed E-state index contributed by atoms with van der Waals surface area (Å²) in [5.74, 6) is 0.398. The lowest BCUT2D eigenvalue weighted by molar-refractivity contribution is 0.0667. The van der Waals surface area contributed by atoms with Gasteiger partial charge in [0.15, 0.2) is 0 Å². The standard InChI is InChI=1S/C18H25N3O/c1-14(2)18-15(11-20-10-6-9-17(22)13-20)12-21(19-18)16-7-4-3-5-8-16/h3-5,7-8,12,14,17,22H,6,9-11,13H2,1-2H3. The number of benzene rings is 1. The Morgan fingerprint density at radius 2 is 2.05 bits per heavy atom. The first-order chi connectivity index (χ1) is 10.6. The van der Waals surface area contributed by atoms with Crippen LogP contribution in [0, 0.1) is 0 Å². The molecule has 3 rings (SSSR count). The normalized spacial score (nSPS) is 19.7. The maximum atomic E-state index is 9.86. The molecule has 1 aromatic carbocycles. The van der Waals surface area contributed by atoms with E-state index in [4.69, 9.17) is 5.10 Å². The molecule has 1 aromatic heterocycles. The highest BCUT2D eigenvalue weighted by Crippen LogP contribution is 2.23. The van der Waals surface area contributed by atoms with Crippen LogP contribution in [0.4, 0.5) is 0 Å². The van der Waals surface area contributed by atoms with Gasteiger partial charge in [-0.25, -0.2) is 4.68 Å². The maximum Gasteiger partial charge on any atom is 0.0699 e. The van der Waals surface area contributed by atoms with E-state index < -0.39 is 0 Å². The molecule has 0 aliphatic carbocycles.